The average Bonchev–Trinajstić information content (AvgIpc) is 2.74. The van der Waals surface area contributed by atoms with Gasteiger partial charge >= 0.3 is 0 Å². The molecule has 0 spiro atoms. The molecule has 1 heterocycles. The molecule has 1 aromatic heterocycles. The van der Waals surface area contributed by atoms with E-state index in [2.05, 4.69) is 14.9 Å². The zero-order valence-corrected chi connectivity index (χ0v) is 16.9. The van der Waals surface area contributed by atoms with Gasteiger partial charge in [0.1, 0.15) is 5.69 Å². The molecular weight excluding hydrogens is 350 g/mol. The number of para-hydroxylation sites is 2. The molecule has 2 fully saturated rings. The van der Waals surface area contributed by atoms with Crippen LogP contribution in [0.1, 0.15) is 69.9 Å². The van der Waals surface area contributed by atoms with Crippen LogP contribution in [0.15, 0.2) is 24.3 Å². The zero-order chi connectivity index (χ0) is 19.3. The smallest absolute Gasteiger partial charge is 0.261 e. The van der Waals surface area contributed by atoms with Crippen molar-refractivity contribution in [3.8, 4) is 5.88 Å². The van der Waals surface area contributed by atoms with Crippen LogP contribution in [0.25, 0.3) is 11.0 Å². The van der Waals surface area contributed by atoms with Gasteiger partial charge in [0.05, 0.1) is 11.0 Å². The maximum atomic E-state index is 13.2. The summed E-state index contributed by atoms with van der Waals surface area (Å²) in [6.07, 6.45) is 12.1. The van der Waals surface area contributed by atoms with Crippen LogP contribution in [0, 0.1) is 6.92 Å². The van der Waals surface area contributed by atoms with E-state index in [1.54, 1.807) is 0 Å². The number of amides is 1. The van der Waals surface area contributed by atoms with Gasteiger partial charge in [0.15, 0.2) is 6.61 Å². The quantitative estimate of drug-likeness (QED) is 0.746. The fourth-order valence-corrected chi connectivity index (χ4v) is 4.84. The summed E-state index contributed by atoms with van der Waals surface area (Å²) in [5.41, 5.74) is 2.38. The van der Waals surface area contributed by atoms with Gasteiger partial charge < -0.3 is 9.64 Å². The summed E-state index contributed by atoms with van der Waals surface area (Å²) in [5.74, 6) is 0.590. The summed E-state index contributed by atoms with van der Waals surface area (Å²) in [5, 5.41) is 0. The van der Waals surface area contributed by atoms with E-state index in [0.29, 0.717) is 18.0 Å². The molecule has 0 radical (unpaired) electrons. The Morgan fingerprint density at radius 3 is 2.04 bits per heavy atom. The van der Waals surface area contributed by atoms with Crippen molar-refractivity contribution in [1.29, 1.82) is 0 Å². The highest BCUT2D eigenvalue weighted by molar-refractivity contribution is 5.79. The highest BCUT2D eigenvalue weighted by Gasteiger charge is 2.32. The Balaban J connectivity index is 1.48. The number of carbonyl (C=O) groups is 1. The monoisotopic (exact) mass is 381 g/mol. The molecule has 5 nitrogen and oxygen atoms in total. The standard InChI is InChI=1S/C23H31N3O2/c1-17-23(25-21-15-9-8-14-20(21)24-17)28-16-22(27)26(18-10-4-2-5-11-18)19-12-6-3-7-13-19/h8-9,14-15,18-19H,2-7,10-13,16H2,1H3. The number of aromatic nitrogens is 2. The Morgan fingerprint density at radius 2 is 1.46 bits per heavy atom. The van der Waals surface area contributed by atoms with E-state index in [0.717, 1.165) is 42.4 Å². The molecule has 0 saturated heterocycles. The summed E-state index contributed by atoms with van der Waals surface area (Å²) in [4.78, 5) is 24.6. The van der Waals surface area contributed by atoms with Crippen LogP contribution >= 0.6 is 0 Å². The lowest BCUT2D eigenvalue weighted by molar-refractivity contribution is -0.140. The summed E-state index contributed by atoms with van der Waals surface area (Å²) >= 11 is 0. The minimum Gasteiger partial charge on any atom is -0.466 e. The normalized spacial score (nSPS) is 18.9. The Morgan fingerprint density at radius 1 is 0.929 bits per heavy atom. The molecule has 2 saturated carbocycles. The van der Waals surface area contributed by atoms with Crippen LogP contribution in [0.2, 0.25) is 0 Å². The third-order valence-corrected chi connectivity index (χ3v) is 6.26. The highest BCUT2D eigenvalue weighted by atomic mass is 16.5. The largest absolute Gasteiger partial charge is 0.466 e. The third kappa shape index (κ3) is 4.29. The average molecular weight is 382 g/mol. The first-order valence-electron chi connectivity index (χ1n) is 10.9. The predicted octanol–water partition coefficient (Wildman–Crippen LogP) is 4.81. The SMILES string of the molecule is Cc1nc2ccccc2nc1OCC(=O)N(C1CCCCC1)C1CCCCC1. The Hall–Kier alpha value is -2.17. The lowest BCUT2D eigenvalue weighted by atomic mass is 9.88. The fourth-order valence-electron chi connectivity index (χ4n) is 4.84. The van der Waals surface area contributed by atoms with Crippen molar-refractivity contribution in [2.45, 2.75) is 83.2 Å². The Labute approximate surface area is 167 Å². The van der Waals surface area contributed by atoms with Crippen molar-refractivity contribution >= 4 is 16.9 Å². The van der Waals surface area contributed by atoms with Crippen LogP contribution in [0.5, 0.6) is 5.88 Å². The van der Waals surface area contributed by atoms with Crippen molar-refractivity contribution < 1.29 is 9.53 Å². The van der Waals surface area contributed by atoms with E-state index in [-0.39, 0.29) is 12.5 Å². The first-order valence-corrected chi connectivity index (χ1v) is 10.9. The molecule has 2 aliphatic rings. The molecule has 0 N–H and O–H groups in total. The van der Waals surface area contributed by atoms with Gasteiger partial charge in [-0.1, -0.05) is 50.7 Å². The van der Waals surface area contributed by atoms with Crippen molar-refractivity contribution in [3.05, 3.63) is 30.0 Å². The minimum atomic E-state index is 0.0564. The van der Waals surface area contributed by atoms with Crippen LogP contribution < -0.4 is 4.74 Å². The summed E-state index contributed by atoms with van der Waals surface area (Å²) < 4.78 is 5.90. The molecule has 0 unspecified atom stereocenters. The summed E-state index contributed by atoms with van der Waals surface area (Å²) in [6.45, 7) is 1.94. The van der Waals surface area contributed by atoms with E-state index in [1.807, 2.05) is 31.2 Å². The number of benzene rings is 1. The van der Waals surface area contributed by atoms with Gasteiger partial charge in [-0.05, 0) is 44.7 Å². The van der Waals surface area contributed by atoms with Crippen molar-refractivity contribution in [2.75, 3.05) is 6.61 Å². The molecule has 0 bridgehead atoms. The third-order valence-electron chi connectivity index (χ3n) is 6.26. The molecule has 2 aliphatic carbocycles. The second kappa shape index (κ2) is 8.89. The van der Waals surface area contributed by atoms with E-state index in [9.17, 15) is 4.79 Å². The Kier molecular flexibility index (Phi) is 6.08. The number of fused-ring (bicyclic) bond motifs is 1. The number of carbonyl (C=O) groups excluding carboxylic acids is 1. The number of aryl methyl sites for hydroxylation is 1. The molecule has 2 aromatic rings. The van der Waals surface area contributed by atoms with Gasteiger partial charge in [-0.25, -0.2) is 9.97 Å². The topological polar surface area (TPSA) is 55.3 Å². The molecule has 150 valence electrons. The predicted molar refractivity (Wildman–Crippen MR) is 110 cm³/mol. The van der Waals surface area contributed by atoms with Gasteiger partial charge in [0.2, 0.25) is 5.88 Å². The molecule has 4 rings (SSSR count). The number of nitrogens with zero attached hydrogens (tertiary/aromatic N) is 3. The zero-order valence-electron chi connectivity index (χ0n) is 16.9. The number of rotatable bonds is 5. The lowest BCUT2D eigenvalue weighted by Gasteiger charge is -2.41. The van der Waals surface area contributed by atoms with Gasteiger partial charge in [-0.15, -0.1) is 0 Å². The Bertz CT molecular complexity index is 793. The maximum Gasteiger partial charge on any atom is 0.261 e. The van der Waals surface area contributed by atoms with E-state index < -0.39 is 0 Å². The number of hydrogen-bond donors (Lipinski definition) is 0. The molecular formula is C23H31N3O2. The summed E-state index contributed by atoms with van der Waals surface area (Å²) in [7, 11) is 0. The van der Waals surface area contributed by atoms with E-state index >= 15 is 0 Å². The van der Waals surface area contributed by atoms with E-state index in [4.69, 9.17) is 4.74 Å². The molecule has 0 atom stereocenters. The fraction of sp³-hybridized carbons (Fsp3) is 0.609. The number of hydrogen-bond acceptors (Lipinski definition) is 4. The van der Waals surface area contributed by atoms with Gasteiger partial charge in [0.25, 0.3) is 5.91 Å². The first kappa shape index (κ1) is 19.2. The molecule has 1 aromatic carbocycles. The summed E-state index contributed by atoms with van der Waals surface area (Å²) in [6, 6.07) is 8.53. The van der Waals surface area contributed by atoms with E-state index in [1.165, 1.54) is 38.5 Å². The van der Waals surface area contributed by atoms with Crippen LogP contribution in [-0.2, 0) is 4.79 Å². The van der Waals surface area contributed by atoms with Crippen LogP contribution in [-0.4, -0.2) is 39.5 Å². The van der Waals surface area contributed by atoms with Gasteiger partial charge in [-0.2, -0.15) is 0 Å². The van der Waals surface area contributed by atoms with Crippen molar-refractivity contribution in [1.82, 2.24) is 14.9 Å². The van der Waals surface area contributed by atoms with Crippen LogP contribution in [0.3, 0.4) is 0 Å². The van der Waals surface area contributed by atoms with Crippen LogP contribution in [0.4, 0.5) is 0 Å². The molecule has 5 heteroatoms. The molecule has 28 heavy (non-hydrogen) atoms. The second-order valence-electron chi connectivity index (χ2n) is 8.28. The van der Waals surface area contributed by atoms with Crippen molar-refractivity contribution in [3.63, 3.8) is 0 Å². The molecule has 0 aliphatic heterocycles. The first-order chi connectivity index (χ1) is 13.7. The maximum absolute atomic E-state index is 13.2. The second-order valence-corrected chi connectivity index (χ2v) is 8.28. The van der Waals surface area contributed by atoms with Crippen molar-refractivity contribution in [2.24, 2.45) is 0 Å². The highest BCUT2D eigenvalue weighted by Crippen LogP contribution is 2.30. The lowest BCUT2D eigenvalue weighted by Crippen LogP contribution is -2.50. The van der Waals surface area contributed by atoms with Gasteiger partial charge in [-0.3, -0.25) is 4.79 Å². The number of ether oxygens (including phenoxy) is 1. The molecule has 1 amide bonds. The van der Waals surface area contributed by atoms with Gasteiger partial charge in [0, 0.05) is 12.1 Å². The minimum absolute atomic E-state index is 0.0564.